The topological polar surface area (TPSA) is 127 Å². The third-order valence-electron chi connectivity index (χ3n) is 5.28. The van der Waals surface area contributed by atoms with Crippen molar-refractivity contribution in [2.24, 2.45) is 11.5 Å². The van der Waals surface area contributed by atoms with Gasteiger partial charge in [0.2, 0.25) is 0 Å². The quantitative estimate of drug-likeness (QED) is 0.123. The van der Waals surface area contributed by atoms with E-state index >= 15 is 0 Å². The summed E-state index contributed by atoms with van der Waals surface area (Å²) in [4.78, 5) is 22.0. The van der Waals surface area contributed by atoms with Crippen molar-refractivity contribution in [3.8, 4) is 0 Å². The highest BCUT2D eigenvalue weighted by Crippen LogP contribution is 2.32. The number of carboxylic acids is 2. The van der Waals surface area contributed by atoms with E-state index in [4.69, 9.17) is 16.6 Å². The molecule has 0 amide bonds. The highest BCUT2D eigenvalue weighted by atomic mass is 33.1. The van der Waals surface area contributed by atoms with Gasteiger partial charge < -0.3 is 21.7 Å². The second kappa shape index (κ2) is 20.5. The molecule has 0 fully saturated rings. The van der Waals surface area contributed by atoms with Crippen molar-refractivity contribution in [3.05, 3.63) is 0 Å². The molecule has 30 heavy (non-hydrogen) atoms. The Morgan fingerprint density at radius 1 is 0.733 bits per heavy atom. The summed E-state index contributed by atoms with van der Waals surface area (Å²) in [6, 6.07) is -1.88. The van der Waals surface area contributed by atoms with Gasteiger partial charge in [0.25, 0.3) is 0 Å². The average molecular weight is 465 g/mol. The summed E-state index contributed by atoms with van der Waals surface area (Å²) in [5, 5.41) is 17.8. The molecule has 8 heteroatoms. The number of hydrogen-bond donors (Lipinski definition) is 4. The van der Waals surface area contributed by atoms with Gasteiger partial charge in [-0.25, -0.2) is 0 Å². The van der Waals surface area contributed by atoms with E-state index in [1.807, 2.05) is 0 Å². The van der Waals surface area contributed by atoms with Crippen molar-refractivity contribution >= 4 is 33.5 Å². The Morgan fingerprint density at radius 2 is 1.17 bits per heavy atom. The van der Waals surface area contributed by atoms with Crippen molar-refractivity contribution in [3.63, 3.8) is 0 Å². The summed E-state index contributed by atoms with van der Waals surface area (Å²) >= 11 is 0. The zero-order valence-corrected chi connectivity index (χ0v) is 20.4. The molecule has 0 aliphatic carbocycles. The van der Waals surface area contributed by atoms with Crippen LogP contribution in [0.15, 0.2) is 0 Å². The number of rotatable bonds is 22. The maximum absolute atomic E-state index is 11.2. The van der Waals surface area contributed by atoms with Crippen LogP contribution in [-0.2, 0) is 9.59 Å². The largest absolute Gasteiger partial charge is 0.480 e. The van der Waals surface area contributed by atoms with Gasteiger partial charge in [-0.1, -0.05) is 118 Å². The summed E-state index contributed by atoms with van der Waals surface area (Å²) in [5.74, 6) is -1.82. The molecule has 0 radical (unpaired) electrons. The van der Waals surface area contributed by atoms with Crippen LogP contribution in [0.3, 0.4) is 0 Å². The Balaban J connectivity index is 3.73. The van der Waals surface area contributed by atoms with E-state index in [1.165, 1.54) is 98.6 Å². The molecule has 6 N–H and O–H groups in total. The number of hydrogen-bond acceptors (Lipinski definition) is 6. The second-order valence-corrected chi connectivity index (χ2v) is 10.8. The minimum absolute atomic E-state index is 0.231. The fourth-order valence-corrected chi connectivity index (χ4v) is 6.15. The molecule has 0 aliphatic rings. The number of nitrogens with two attached hydrogens (primary N) is 2. The van der Waals surface area contributed by atoms with Crippen LogP contribution < -0.4 is 11.5 Å². The molecule has 0 saturated carbocycles. The maximum atomic E-state index is 11.2. The minimum atomic E-state index is -1.05. The van der Waals surface area contributed by atoms with Gasteiger partial charge in [0.15, 0.2) is 0 Å². The van der Waals surface area contributed by atoms with Crippen molar-refractivity contribution in [1.82, 2.24) is 0 Å². The summed E-state index contributed by atoms with van der Waals surface area (Å²) in [6.07, 6.45) is 18.7. The van der Waals surface area contributed by atoms with Gasteiger partial charge in [0.1, 0.15) is 12.1 Å². The molecule has 0 bridgehead atoms. The lowest BCUT2D eigenvalue weighted by Gasteiger charge is -2.20. The summed E-state index contributed by atoms with van der Waals surface area (Å²) in [6.45, 7) is 2.25. The molecule has 0 spiro atoms. The highest BCUT2D eigenvalue weighted by molar-refractivity contribution is 8.77. The van der Waals surface area contributed by atoms with Crippen LogP contribution in [-0.4, -0.2) is 45.2 Å². The molecule has 0 heterocycles. The van der Waals surface area contributed by atoms with E-state index in [2.05, 4.69) is 6.92 Å². The summed E-state index contributed by atoms with van der Waals surface area (Å²) < 4.78 is 0. The summed E-state index contributed by atoms with van der Waals surface area (Å²) in [7, 11) is 2.65. The van der Waals surface area contributed by atoms with E-state index in [1.54, 1.807) is 0 Å². The van der Waals surface area contributed by atoms with Gasteiger partial charge in [0.05, 0.1) is 0 Å². The molecular weight excluding hydrogens is 420 g/mol. The van der Waals surface area contributed by atoms with Gasteiger partial charge in [-0.2, -0.15) is 0 Å². The van der Waals surface area contributed by atoms with Gasteiger partial charge in [-0.15, -0.1) is 0 Å². The van der Waals surface area contributed by atoms with Crippen LogP contribution in [0, 0.1) is 0 Å². The predicted molar refractivity (Wildman–Crippen MR) is 130 cm³/mol. The Hall–Kier alpha value is -0.440. The van der Waals surface area contributed by atoms with Crippen LogP contribution >= 0.6 is 21.6 Å². The number of aliphatic carboxylic acids is 2. The van der Waals surface area contributed by atoms with Crippen molar-refractivity contribution in [2.45, 2.75) is 121 Å². The van der Waals surface area contributed by atoms with Crippen molar-refractivity contribution < 1.29 is 19.8 Å². The van der Waals surface area contributed by atoms with E-state index in [0.29, 0.717) is 0 Å². The van der Waals surface area contributed by atoms with Gasteiger partial charge in [-0.05, 0) is 6.42 Å². The molecule has 0 aromatic carbocycles. The third kappa shape index (κ3) is 17.3. The smallest absolute Gasteiger partial charge is 0.321 e. The average Bonchev–Trinajstić information content (AvgIpc) is 2.71. The molecular formula is C22H44N2O4S2. The minimum Gasteiger partial charge on any atom is -0.480 e. The lowest BCUT2D eigenvalue weighted by Crippen LogP contribution is -2.40. The molecule has 1 unspecified atom stereocenters. The van der Waals surface area contributed by atoms with Gasteiger partial charge in [0, 0.05) is 11.0 Å². The zero-order chi connectivity index (χ0) is 22.6. The van der Waals surface area contributed by atoms with Crippen molar-refractivity contribution in [1.29, 1.82) is 0 Å². The van der Waals surface area contributed by atoms with E-state index in [-0.39, 0.29) is 11.0 Å². The van der Waals surface area contributed by atoms with Crippen molar-refractivity contribution in [2.75, 3.05) is 5.75 Å². The predicted octanol–water partition coefficient (Wildman–Crippen LogP) is 5.43. The normalized spacial score (nSPS) is 14.4. The summed E-state index contributed by atoms with van der Waals surface area (Å²) in [5.41, 5.74) is 11.3. The number of carboxylic acid groups (broad SMARTS) is 2. The third-order valence-corrected chi connectivity index (χ3v) is 8.25. The SMILES string of the molecule is CCCCCCCCCCCCCCCCC(SSC[C@H](N)C(=O)O)[C@H](N)C(=O)O. The lowest BCUT2D eigenvalue weighted by molar-refractivity contribution is -0.139. The number of carbonyl (C=O) groups is 2. The van der Waals surface area contributed by atoms with Crippen LogP contribution in [0.5, 0.6) is 0 Å². The molecule has 0 rings (SSSR count). The lowest BCUT2D eigenvalue weighted by atomic mass is 10.0. The Kier molecular flexibility index (Phi) is 20.2. The van der Waals surface area contributed by atoms with Crippen LogP contribution in [0.25, 0.3) is 0 Å². The molecule has 3 atom stereocenters. The maximum Gasteiger partial charge on any atom is 0.321 e. The van der Waals surface area contributed by atoms with Crippen LogP contribution in [0.1, 0.15) is 103 Å². The Labute approximate surface area is 191 Å². The zero-order valence-electron chi connectivity index (χ0n) is 18.7. The molecule has 178 valence electrons. The first kappa shape index (κ1) is 29.6. The van der Waals surface area contributed by atoms with E-state index in [9.17, 15) is 14.7 Å². The Morgan fingerprint density at radius 3 is 1.57 bits per heavy atom. The molecule has 0 aromatic rings. The van der Waals surface area contributed by atoms with Crippen LogP contribution in [0.4, 0.5) is 0 Å². The van der Waals surface area contributed by atoms with Gasteiger partial charge in [-0.3, -0.25) is 9.59 Å². The van der Waals surface area contributed by atoms with Crippen LogP contribution in [0.2, 0.25) is 0 Å². The number of unbranched alkanes of at least 4 members (excludes halogenated alkanes) is 13. The highest BCUT2D eigenvalue weighted by Gasteiger charge is 2.25. The second-order valence-electron chi connectivity index (χ2n) is 8.11. The fourth-order valence-electron chi connectivity index (χ4n) is 3.26. The first-order valence-corrected chi connectivity index (χ1v) is 14.0. The molecule has 6 nitrogen and oxygen atoms in total. The first-order valence-electron chi connectivity index (χ1n) is 11.6. The molecule has 0 saturated heterocycles. The fraction of sp³-hybridized carbons (Fsp3) is 0.909. The molecule has 0 aliphatic heterocycles. The van der Waals surface area contributed by atoms with E-state index in [0.717, 1.165) is 19.3 Å². The Bertz CT molecular complexity index is 441. The van der Waals surface area contributed by atoms with Gasteiger partial charge >= 0.3 is 11.9 Å². The monoisotopic (exact) mass is 464 g/mol. The first-order chi connectivity index (χ1) is 14.4. The van der Waals surface area contributed by atoms with E-state index < -0.39 is 24.0 Å². The molecule has 0 aromatic heterocycles. The standard InChI is InChI=1S/C22H44N2O4S2/c1-2-3-4-5-6-7-8-9-10-11-12-13-14-15-16-19(20(24)22(27)28)30-29-17-18(23)21(25)26/h18-20H,2-17,23-24H2,1H3,(H,25,26)(H,27,28)/t18-,19?,20-/m0/s1.